The van der Waals surface area contributed by atoms with Crippen LogP contribution in [-0.2, 0) is 0 Å². The zero-order chi connectivity index (χ0) is 20.4. The van der Waals surface area contributed by atoms with E-state index in [1.165, 1.54) is 6.20 Å². The van der Waals surface area contributed by atoms with Crippen LogP contribution in [0.15, 0.2) is 30.5 Å². The fourth-order valence-corrected chi connectivity index (χ4v) is 3.72. The van der Waals surface area contributed by atoms with E-state index in [9.17, 15) is 10.1 Å². The van der Waals surface area contributed by atoms with Crippen molar-refractivity contribution in [2.75, 3.05) is 13.7 Å². The highest BCUT2D eigenvalue weighted by atomic mass is 16.5. The Kier molecular flexibility index (Phi) is 5.20. The van der Waals surface area contributed by atoms with E-state index in [0.717, 1.165) is 25.0 Å². The number of nitrogens with one attached hydrogen (secondary N) is 1. The van der Waals surface area contributed by atoms with Crippen molar-refractivity contribution in [3.05, 3.63) is 47.3 Å². The van der Waals surface area contributed by atoms with Crippen molar-refractivity contribution in [3.8, 4) is 17.8 Å². The van der Waals surface area contributed by atoms with E-state index < -0.39 is 5.60 Å². The number of nitrogens with zero attached hydrogens (tertiary/aromatic N) is 3. The first-order valence-corrected chi connectivity index (χ1v) is 9.93. The van der Waals surface area contributed by atoms with Gasteiger partial charge in [0, 0.05) is 42.4 Å². The van der Waals surface area contributed by atoms with Crippen molar-refractivity contribution in [1.82, 2.24) is 15.3 Å². The van der Waals surface area contributed by atoms with Gasteiger partial charge in [-0.25, -0.2) is 9.97 Å². The fourth-order valence-electron chi connectivity index (χ4n) is 3.72. The molecular weight excluding hydrogens is 368 g/mol. The molecule has 2 atom stereocenters. The summed E-state index contributed by atoms with van der Waals surface area (Å²) in [6.45, 7) is 2.47. The third-order valence-corrected chi connectivity index (χ3v) is 5.61. The standard InChI is InChI=1S/C22H24N4O3/c1-14-7-9-22(13-25-14,29-19-11-15(12-23)8-10-24-19)21(27)17-5-6-18(28-2)26-20(17)16-3-4-16/h5-6,8,10-11,14,16,25H,3-4,7,9,13H2,1-2H3/t14-,22-/m1/s1. The Morgan fingerprint density at radius 2 is 2.10 bits per heavy atom. The molecule has 0 amide bonds. The molecule has 1 aliphatic carbocycles. The van der Waals surface area contributed by atoms with Gasteiger partial charge in [0.25, 0.3) is 0 Å². The summed E-state index contributed by atoms with van der Waals surface area (Å²) in [6.07, 6.45) is 4.93. The molecule has 1 saturated heterocycles. The molecule has 7 nitrogen and oxygen atoms in total. The lowest BCUT2D eigenvalue weighted by molar-refractivity contribution is 0.0263. The number of rotatable bonds is 6. The topological polar surface area (TPSA) is 97.1 Å². The quantitative estimate of drug-likeness (QED) is 0.755. The largest absolute Gasteiger partial charge is 0.481 e. The van der Waals surface area contributed by atoms with E-state index in [-0.39, 0.29) is 17.6 Å². The molecule has 2 fully saturated rings. The Labute approximate surface area is 170 Å². The highest BCUT2D eigenvalue weighted by molar-refractivity contribution is 6.04. The van der Waals surface area contributed by atoms with Crippen LogP contribution in [0.25, 0.3) is 0 Å². The molecule has 2 aliphatic rings. The summed E-state index contributed by atoms with van der Waals surface area (Å²) in [4.78, 5) is 22.6. The van der Waals surface area contributed by atoms with E-state index >= 15 is 0 Å². The number of carbonyl (C=O) groups excluding carboxylic acids is 1. The second-order valence-electron chi connectivity index (χ2n) is 7.80. The van der Waals surface area contributed by atoms with Crippen LogP contribution in [0.5, 0.6) is 11.8 Å². The van der Waals surface area contributed by atoms with Gasteiger partial charge in [-0.3, -0.25) is 4.79 Å². The van der Waals surface area contributed by atoms with Gasteiger partial charge in [-0.2, -0.15) is 5.26 Å². The first-order valence-electron chi connectivity index (χ1n) is 9.93. The summed E-state index contributed by atoms with van der Waals surface area (Å²) in [5.74, 6) is 0.982. The number of aromatic nitrogens is 2. The van der Waals surface area contributed by atoms with Gasteiger partial charge < -0.3 is 14.8 Å². The van der Waals surface area contributed by atoms with Crippen LogP contribution in [0, 0.1) is 11.3 Å². The summed E-state index contributed by atoms with van der Waals surface area (Å²) in [5, 5.41) is 12.6. The van der Waals surface area contributed by atoms with Crippen LogP contribution in [0.3, 0.4) is 0 Å². The SMILES string of the molecule is COc1ccc(C(=O)[C@@]2(Oc3cc(C#N)ccn3)CC[C@@H](C)NC2)c(C2CC2)n1. The molecule has 0 radical (unpaired) electrons. The van der Waals surface area contributed by atoms with Crippen molar-refractivity contribution < 1.29 is 14.3 Å². The van der Waals surface area contributed by atoms with E-state index in [1.54, 1.807) is 31.4 Å². The Morgan fingerprint density at radius 1 is 1.28 bits per heavy atom. The lowest BCUT2D eigenvalue weighted by atomic mass is 9.83. The number of pyridine rings is 2. The molecule has 150 valence electrons. The monoisotopic (exact) mass is 392 g/mol. The predicted molar refractivity (Wildman–Crippen MR) is 106 cm³/mol. The zero-order valence-corrected chi connectivity index (χ0v) is 16.6. The predicted octanol–water partition coefficient (Wildman–Crippen LogP) is 3.01. The molecule has 1 aliphatic heterocycles. The van der Waals surface area contributed by atoms with Crippen LogP contribution in [0.2, 0.25) is 0 Å². The first kappa shape index (κ1) is 19.3. The molecule has 0 aromatic carbocycles. The minimum Gasteiger partial charge on any atom is -0.481 e. The number of hydrogen-bond acceptors (Lipinski definition) is 7. The minimum atomic E-state index is -1.09. The van der Waals surface area contributed by atoms with Crippen molar-refractivity contribution in [3.63, 3.8) is 0 Å². The van der Waals surface area contributed by atoms with Crippen LogP contribution in [0.1, 0.15) is 60.1 Å². The van der Waals surface area contributed by atoms with Crippen LogP contribution < -0.4 is 14.8 Å². The second kappa shape index (κ2) is 7.80. The summed E-state index contributed by atoms with van der Waals surface area (Å²) in [7, 11) is 1.57. The van der Waals surface area contributed by atoms with E-state index in [0.29, 0.717) is 36.0 Å². The highest BCUT2D eigenvalue weighted by Crippen LogP contribution is 2.42. The van der Waals surface area contributed by atoms with Gasteiger partial charge in [-0.15, -0.1) is 0 Å². The summed E-state index contributed by atoms with van der Waals surface area (Å²) in [6, 6.07) is 9.09. The van der Waals surface area contributed by atoms with Crippen molar-refractivity contribution in [2.45, 2.75) is 50.2 Å². The number of methoxy groups -OCH3 is 1. The average molecular weight is 392 g/mol. The third kappa shape index (κ3) is 3.94. The fraction of sp³-hybridized carbons (Fsp3) is 0.455. The Balaban J connectivity index is 1.72. The van der Waals surface area contributed by atoms with Gasteiger partial charge in [0.1, 0.15) is 0 Å². The Hall–Kier alpha value is -2.98. The van der Waals surface area contributed by atoms with E-state index in [4.69, 9.17) is 9.47 Å². The maximum atomic E-state index is 13.8. The first-order chi connectivity index (χ1) is 14.0. The number of piperidine rings is 1. The number of hydrogen-bond donors (Lipinski definition) is 1. The van der Waals surface area contributed by atoms with Gasteiger partial charge in [-0.05, 0) is 44.7 Å². The van der Waals surface area contributed by atoms with Crippen LogP contribution in [-0.4, -0.2) is 41.0 Å². The number of ketones is 1. The molecule has 2 aromatic heterocycles. The molecule has 3 heterocycles. The molecule has 0 spiro atoms. The maximum absolute atomic E-state index is 13.8. The van der Waals surface area contributed by atoms with Gasteiger partial charge in [0.15, 0.2) is 5.60 Å². The molecule has 29 heavy (non-hydrogen) atoms. The van der Waals surface area contributed by atoms with Crippen molar-refractivity contribution in [2.24, 2.45) is 0 Å². The lowest BCUT2D eigenvalue weighted by Crippen LogP contribution is -2.58. The van der Waals surface area contributed by atoms with Crippen molar-refractivity contribution in [1.29, 1.82) is 5.26 Å². The molecule has 2 aromatic rings. The number of Topliss-reactive ketones (excluding diaryl/α,β-unsaturated/α-hetero) is 1. The van der Waals surface area contributed by atoms with Crippen LogP contribution in [0.4, 0.5) is 0 Å². The highest BCUT2D eigenvalue weighted by Gasteiger charge is 2.46. The third-order valence-electron chi connectivity index (χ3n) is 5.61. The molecule has 1 saturated carbocycles. The normalized spacial score (nSPS) is 23.8. The molecular formula is C22H24N4O3. The van der Waals surface area contributed by atoms with E-state index in [1.807, 2.05) is 0 Å². The maximum Gasteiger partial charge on any atom is 0.215 e. The number of carbonyl (C=O) groups is 1. The number of nitriles is 1. The number of ether oxygens (including phenoxy) is 2. The molecule has 1 N–H and O–H groups in total. The van der Waals surface area contributed by atoms with Gasteiger partial charge in [0.2, 0.25) is 17.5 Å². The lowest BCUT2D eigenvalue weighted by Gasteiger charge is -2.38. The van der Waals surface area contributed by atoms with Gasteiger partial charge in [0.05, 0.1) is 24.4 Å². The summed E-state index contributed by atoms with van der Waals surface area (Å²) in [5.41, 5.74) is 0.725. The second-order valence-corrected chi connectivity index (χ2v) is 7.80. The Bertz CT molecular complexity index is 957. The summed E-state index contributed by atoms with van der Waals surface area (Å²) < 4.78 is 11.5. The zero-order valence-electron chi connectivity index (χ0n) is 16.6. The smallest absolute Gasteiger partial charge is 0.215 e. The molecule has 4 rings (SSSR count). The summed E-state index contributed by atoms with van der Waals surface area (Å²) >= 11 is 0. The average Bonchev–Trinajstić information content (AvgIpc) is 3.60. The Morgan fingerprint density at radius 3 is 2.76 bits per heavy atom. The molecule has 0 bridgehead atoms. The van der Waals surface area contributed by atoms with Gasteiger partial charge >= 0.3 is 0 Å². The van der Waals surface area contributed by atoms with Crippen molar-refractivity contribution >= 4 is 5.78 Å². The van der Waals surface area contributed by atoms with E-state index in [2.05, 4.69) is 28.3 Å². The van der Waals surface area contributed by atoms with Crippen LogP contribution >= 0.6 is 0 Å². The molecule has 7 heteroatoms. The minimum absolute atomic E-state index is 0.0990. The van der Waals surface area contributed by atoms with Gasteiger partial charge in [-0.1, -0.05) is 0 Å². The molecule has 0 unspecified atom stereocenters.